The molecule has 0 atom stereocenters. The topological polar surface area (TPSA) is 41.6 Å². The van der Waals surface area contributed by atoms with Crippen molar-refractivity contribution in [3.63, 3.8) is 0 Å². The van der Waals surface area contributed by atoms with Crippen molar-refractivity contribution in [3.05, 3.63) is 46.5 Å². The highest BCUT2D eigenvalue weighted by molar-refractivity contribution is 14.2. The number of rotatable bonds is 1. The molecule has 1 aromatic carbocycles. The molecule has 0 saturated carbocycles. The Hall–Kier alpha value is -1.51. The zero-order chi connectivity index (χ0) is 14.7. The Kier molecular flexibility index (Phi) is 4.69. The van der Waals surface area contributed by atoms with E-state index in [1.807, 2.05) is 19.9 Å². The van der Waals surface area contributed by atoms with E-state index in [9.17, 15) is 4.39 Å². The van der Waals surface area contributed by atoms with E-state index in [2.05, 4.69) is 37.5 Å². The quantitative estimate of drug-likeness (QED) is 0.542. The van der Waals surface area contributed by atoms with Gasteiger partial charge in [-0.05, 0) is 46.2 Å². The second-order valence-electron chi connectivity index (χ2n) is 4.07. The van der Waals surface area contributed by atoms with Crippen molar-refractivity contribution in [2.45, 2.75) is 13.8 Å². The molecule has 0 aliphatic heterocycles. The first-order valence-corrected chi connectivity index (χ1v) is 8.98. The van der Waals surface area contributed by atoms with E-state index < -0.39 is 5.82 Å². The Balaban J connectivity index is 2.60. The van der Waals surface area contributed by atoms with Crippen molar-refractivity contribution in [1.29, 1.82) is 5.26 Å². The molecule has 0 aliphatic rings. The van der Waals surface area contributed by atoms with Crippen LogP contribution in [0.5, 0.6) is 0 Å². The van der Waals surface area contributed by atoms with Crippen LogP contribution in [0, 0.1) is 42.2 Å². The molecule has 20 heavy (non-hydrogen) atoms. The fourth-order valence-corrected chi connectivity index (χ4v) is 2.38. The minimum atomic E-state index is -0.456. The van der Waals surface area contributed by atoms with Crippen LogP contribution in [0.15, 0.2) is 18.2 Å². The van der Waals surface area contributed by atoms with E-state index in [-0.39, 0.29) is 5.56 Å². The molecule has 0 fully saturated rings. The first-order valence-electron chi connectivity index (χ1n) is 5.62. The van der Waals surface area contributed by atoms with E-state index in [0.717, 1.165) is 17.0 Å². The molecule has 1 heterocycles. The van der Waals surface area contributed by atoms with Gasteiger partial charge >= 0.3 is 0 Å². The summed E-state index contributed by atoms with van der Waals surface area (Å²) in [5.74, 6) is 2.57. The summed E-state index contributed by atoms with van der Waals surface area (Å²) in [5.41, 5.74) is 3.23. The van der Waals surface area contributed by atoms with Crippen molar-refractivity contribution >= 4 is 30.1 Å². The summed E-state index contributed by atoms with van der Waals surface area (Å²) < 4.78 is 15.1. The predicted molar refractivity (Wildman–Crippen MR) is 86.2 cm³/mol. The minimum Gasteiger partial charge on any atom is -0.236 e. The van der Waals surface area contributed by atoms with Crippen LogP contribution < -0.4 is 0 Å². The third-order valence-corrected chi connectivity index (χ3v) is 3.60. The first kappa shape index (κ1) is 14.9. The largest absolute Gasteiger partial charge is 0.236 e. The summed E-state index contributed by atoms with van der Waals surface area (Å²) >= 11 is 2.10. The first-order chi connectivity index (χ1) is 9.56. The van der Waals surface area contributed by atoms with Crippen LogP contribution >= 0.6 is 30.1 Å². The third-order valence-electron chi connectivity index (χ3n) is 2.76. The van der Waals surface area contributed by atoms with Gasteiger partial charge in [-0.3, -0.25) is 0 Å². The molecule has 0 spiro atoms. The minimum absolute atomic E-state index is 0.267. The van der Waals surface area contributed by atoms with E-state index >= 15 is 0 Å². The summed E-state index contributed by atoms with van der Waals surface area (Å²) in [6, 6.07) is 6.09. The lowest BCUT2D eigenvalue weighted by Gasteiger charge is -2.05. The summed E-state index contributed by atoms with van der Waals surface area (Å²) in [6.45, 7) is 3.73. The lowest BCUT2D eigenvalue weighted by atomic mass is 10.2. The predicted octanol–water partition coefficient (Wildman–Crippen LogP) is 3.89. The molecule has 100 valence electrons. The second-order valence-corrected chi connectivity index (χ2v) is 5.75. The highest BCUT2D eigenvalue weighted by Gasteiger charge is 2.12. The van der Waals surface area contributed by atoms with E-state index in [4.69, 9.17) is 5.26 Å². The zero-order valence-corrected chi connectivity index (χ0v) is 13.7. The van der Waals surface area contributed by atoms with E-state index in [1.54, 1.807) is 10.7 Å². The van der Waals surface area contributed by atoms with E-state index in [1.165, 1.54) is 21.1 Å². The number of nitriles is 1. The third kappa shape index (κ3) is 2.97. The number of hydrogen-bond acceptors (Lipinski definition) is 3. The van der Waals surface area contributed by atoms with Crippen molar-refractivity contribution in [2.24, 2.45) is 0 Å². The molecule has 0 bridgehead atoms. The van der Waals surface area contributed by atoms with Gasteiger partial charge in [0.25, 0.3) is 0 Å². The smallest absolute Gasteiger partial charge is 0.126 e. The maximum atomic E-state index is 13.5. The lowest BCUT2D eigenvalue weighted by molar-refractivity contribution is 0.624. The van der Waals surface area contributed by atoms with Crippen LogP contribution in [-0.4, -0.2) is 9.78 Å². The zero-order valence-electron chi connectivity index (χ0n) is 10.7. The van der Waals surface area contributed by atoms with Gasteiger partial charge in [0.1, 0.15) is 5.82 Å². The van der Waals surface area contributed by atoms with Crippen LogP contribution in [0.25, 0.3) is 5.69 Å². The van der Waals surface area contributed by atoms with Gasteiger partial charge in [-0.1, -0.05) is 5.92 Å². The van der Waals surface area contributed by atoms with Gasteiger partial charge in [0.15, 0.2) is 0 Å². The number of nitrogens with zero attached hydrogens (tertiary/aromatic N) is 3. The fourth-order valence-electron chi connectivity index (χ4n) is 1.91. The summed E-state index contributed by atoms with van der Waals surface area (Å²) in [6.07, 6.45) is 0. The van der Waals surface area contributed by atoms with Crippen molar-refractivity contribution < 1.29 is 4.39 Å². The summed E-state index contributed by atoms with van der Waals surface area (Å²) in [4.78, 5) is 0. The van der Waals surface area contributed by atoms with Crippen molar-refractivity contribution in [2.75, 3.05) is 0 Å². The van der Waals surface area contributed by atoms with Crippen molar-refractivity contribution in [3.8, 4) is 22.9 Å². The monoisotopic (exact) mass is 397 g/mol. The molecular weight excluding hydrogens is 388 g/mol. The van der Waals surface area contributed by atoms with Crippen LogP contribution in [0.3, 0.4) is 0 Å². The second kappa shape index (κ2) is 6.29. The fraction of sp³-hybridized carbons (Fsp3) is 0.143. The molecule has 3 nitrogen and oxygen atoms in total. The Morgan fingerprint density at radius 1 is 1.35 bits per heavy atom. The number of halogens is 2. The molecular formula is C14H9FIN3S. The molecule has 0 amide bonds. The standard InChI is InChI=1S/C14H9FIN3S/c1-9-14(3-4-20-16)10(2)19(18-9)13-6-11(8-17)5-12(15)7-13/h5-7H,1-2H3. The highest BCUT2D eigenvalue weighted by atomic mass is 127. The number of aromatic nitrogens is 2. The Bertz CT molecular complexity index is 765. The molecule has 0 aliphatic carbocycles. The molecule has 1 aromatic heterocycles. The molecule has 0 saturated heterocycles. The number of benzene rings is 1. The summed E-state index contributed by atoms with van der Waals surface area (Å²) in [7, 11) is 1.40. The lowest BCUT2D eigenvalue weighted by Crippen LogP contribution is -2.00. The van der Waals surface area contributed by atoms with Crippen LogP contribution in [0.2, 0.25) is 0 Å². The number of hydrogen-bond donors (Lipinski definition) is 0. The van der Waals surface area contributed by atoms with Gasteiger partial charge in [0.05, 0.1) is 34.3 Å². The Morgan fingerprint density at radius 2 is 2.10 bits per heavy atom. The molecule has 6 heteroatoms. The maximum Gasteiger partial charge on any atom is 0.126 e. The van der Waals surface area contributed by atoms with Gasteiger partial charge in [-0.2, -0.15) is 10.4 Å². The van der Waals surface area contributed by atoms with Crippen molar-refractivity contribution in [1.82, 2.24) is 9.78 Å². The Morgan fingerprint density at radius 3 is 2.75 bits per heavy atom. The van der Waals surface area contributed by atoms with Gasteiger partial charge < -0.3 is 0 Å². The Labute approximate surface area is 132 Å². The van der Waals surface area contributed by atoms with Gasteiger partial charge in [-0.25, -0.2) is 9.07 Å². The van der Waals surface area contributed by atoms with Gasteiger partial charge in [-0.15, -0.1) is 0 Å². The maximum absolute atomic E-state index is 13.5. The molecule has 0 radical (unpaired) electrons. The molecule has 2 aromatic rings. The highest BCUT2D eigenvalue weighted by Crippen LogP contribution is 2.20. The average Bonchev–Trinajstić information content (AvgIpc) is 2.71. The van der Waals surface area contributed by atoms with E-state index in [0.29, 0.717) is 5.69 Å². The van der Waals surface area contributed by atoms with Crippen LogP contribution in [0.1, 0.15) is 22.5 Å². The normalized spacial score (nSPS) is 9.75. The van der Waals surface area contributed by atoms with Crippen LogP contribution in [-0.2, 0) is 0 Å². The average molecular weight is 397 g/mol. The van der Waals surface area contributed by atoms with Gasteiger partial charge in [0.2, 0.25) is 0 Å². The molecule has 0 N–H and O–H groups in total. The van der Waals surface area contributed by atoms with Crippen LogP contribution in [0.4, 0.5) is 4.39 Å². The van der Waals surface area contributed by atoms with Gasteiger partial charge in [0, 0.05) is 21.2 Å². The SMILES string of the molecule is Cc1nn(-c2cc(F)cc(C#N)c2)c(C)c1C#CSI. The molecule has 2 rings (SSSR count). The summed E-state index contributed by atoms with van der Waals surface area (Å²) in [5, 5.41) is 16.2. The molecule has 0 unspecified atom stereocenters. The number of aryl methyl sites for hydroxylation is 1.